The maximum Gasteiger partial charge on any atom is 0.124 e. The zero-order valence-corrected chi connectivity index (χ0v) is 16.0. The molecule has 0 saturated heterocycles. The van der Waals surface area contributed by atoms with Crippen LogP contribution in [0.4, 0.5) is 0 Å². The first-order chi connectivity index (χ1) is 14.2. The molecule has 0 atom stereocenters. The average molecular weight is 382 g/mol. The largest absolute Gasteiger partial charge is 0.507 e. The highest BCUT2D eigenvalue weighted by molar-refractivity contribution is 6.03. The molecule has 4 aromatic carbocycles. The number of phenols is 2. The molecule has 0 aliphatic rings. The van der Waals surface area contributed by atoms with Gasteiger partial charge < -0.3 is 10.2 Å². The number of hydrogen-bond acceptors (Lipinski definition) is 4. The second-order valence-corrected chi connectivity index (χ2v) is 6.86. The monoisotopic (exact) mass is 382 g/mol. The van der Waals surface area contributed by atoms with Gasteiger partial charge in [-0.1, -0.05) is 60.7 Å². The Hall–Kier alpha value is -3.66. The van der Waals surface area contributed by atoms with E-state index in [1.807, 2.05) is 60.7 Å². The molecule has 2 N–H and O–H groups in total. The summed E-state index contributed by atoms with van der Waals surface area (Å²) in [5, 5.41) is 24.4. The van der Waals surface area contributed by atoms with E-state index in [1.54, 1.807) is 24.6 Å². The van der Waals surface area contributed by atoms with Crippen LogP contribution in [0.3, 0.4) is 0 Å². The summed E-state index contributed by atoms with van der Waals surface area (Å²) in [7, 11) is 0. The van der Waals surface area contributed by atoms with Gasteiger partial charge >= 0.3 is 0 Å². The molecule has 0 heterocycles. The Morgan fingerprint density at radius 2 is 1.03 bits per heavy atom. The molecule has 144 valence electrons. The van der Waals surface area contributed by atoms with Crippen molar-refractivity contribution in [1.29, 1.82) is 0 Å². The fraction of sp³-hybridized carbons (Fsp3) is 0.120. The van der Waals surface area contributed by atoms with Crippen LogP contribution in [0.2, 0.25) is 0 Å². The standard InChI is InChI=1S/C25H22N2O2/c28-24-12-10-18-6-1-3-8-20(18)22(24)16-26-14-5-15-27-17-23-21-9-4-2-7-19(21)11-13-25(23)29/h1-4,6-13,16-17,28-29H,5,14-15H2. The lowest BCUT2D eigenvalue weighted by atomic mass is 10.0. The number of nitrogens with zero attached hydrogens (tertiary/aromatic N) is 2. The number of fused-ring (bicyclic) bond motifs is 2. The van der Waals surface area contributed by atoms with Gasteiger partial charge in [-0.3, -0.25) is 9.98 Å². The van der Waals surface area contributed by atoms with Crippen LogP contribution >= 0.6 is 0 Å². The van der Waals surface area contributed by atoms with Crippen LogP contribution in [0, 0.1) is 0 Å². The SMILES string of the molecule is Oc1ccc2ccccc2c1C=NCCCN=Cc1c(O)ccc2ccccc12. The topological polar surface area (TPSA) is 65.2 Å². The third-order valence-electron chi connectivity index (χ3n) is 4.91. The van der Waals surface area contributed by atoms with Gasteiger partial charge in [0.1, 0.15) is 11.5 Å². The third kappa shape index (κ3) is 4.11. The van der Waals surface area contributed by atoms with Crippen molar-refractivity contribution in [3.63, 3.8) is 0 Å². The van der Waals surface area contributed by atoms with Crippen LogP contribution in [0.5, 0.6) is 11.5 Å². The summed E-state index contributed by atoms with van der Waals surface area (Å²) in [6, 6.07) is 23.1. The summed E-state index contributed by atoms with van der Waals surface area (Å²) < 4.78 is 0. The smallest absolute Gasteiger partial charge is 0.124 e. The Balaban J connectivity index is 1.39. The van der Waals surface area contributed by atoms with Crippen LogP contribution in [0.25, 0.3) is 21.5 Å². The van der Waals surface area contributed by atoms with E-state index in [4.69, 9.17) is 0 Å². The minimum absolute atomic E-state index is 0.233. The van der Waals surface area contributed by atoms with E-state index in [1.165, 1.54) is 0 Å². The fourth-order valence-corrected chi connectivity index (χ4v) is 3.40. The van der Waals surface area contributed by atoms with E-state index in [2.05, 4.69) is 9.98 Å². The van der Waals surface area contributed by atoms with Gasteiger partial charge in [0.15, 0.2) is 0 Å². The van der Waals surface area contributed by atoms with Gasteiger partial charge in [-0.05, 0) is 40.1 Å². The predicted octanol–water partition coefficient (Wildman–Crippen LogP) is 5.33. The Bertz CT molecular complexity index is 1120. The van der Waals surface area contributed by atoms with Crippen LogP contribution < -0.4 is 0 Å². The number of aliphatic imine (C=N–C) groups is 2. The summed E-state index contributed by atoms with van der Waals surface area (Å²) in [4.78, 5) is 8.91. The number of hydrogen-bond donors (Lipinski definition) is 2. The molecule has 0 fully saturated rings. The number of aromatic hydroxyl groups is 2. The van der Waals surface area contributed by atoms with E-state index in [0.717, 1.165) is 39.1 Å². The first-order valence-corrected chi connectivity index (χ1v) is 9.65. The van der Waals surface area contributed by atoms with Crippen molar-refractivity contribution >= 4 is 34.0 Å². The highest BCUT2D eigenvalue weighted by atomic mass is 16.3. The van der Waals surface area contributed by atoms with Crippen molar-refractivity contribution < 1.29 is 10.2 Å². The molecule has 4 aromatic rings. The van der Waals surface area contributed by atoms with Crippen LogP contribution in [-0.2, 0) is 0 Å². The van der Waals surface area contributed by atoms with Gasteiger partial charge in [-0.2, -0.15) is 0 Å². The fourth-order valence-electron chi connectivity index (χ4n) is 3.40. The van der Waals surface area contributed by atoms with Gasteiger partial charge in [0, 0.05) is 36.6 Å². The quantitative estimate of drug-likeness (QED) is 0.349. The van der Waals surface area contributed by atoms with E-state index < -0.39 is 0 Å². The maximum absolute atomic E-state index is 10.1. The molecule has 0 amide bonds. The van der Waals surface area contributed by atoms with Crippen LogP contribution in [0.1, 0.15) is 17.5 Å². The minimum atomic E-state index is 0.233. The summed E-state index contributed by atoms with van der Waals surface area (Å²) >= 11 is 0. The van der Waals surface area contributed by atoms with E-state index in [-0.39, 0.29) is 11.5 Å². The molecule has 0 spiro atoms. The molecule has 0 unspecified atom stereocenters. The van der Waals surface area contributed by atoms with Gasteiger partial charge in [0.2, 0.25) is 0 Å². The van der Waals surface area contributed by atoms with Crippen LogP contribution in [-0.4, -0.2) is 35.7 Å². The van der Waals surface area contributed by atoms with Crippen molar-refractivity contribution in [3.05, 3.63) is 83.9 Å². The Kier molecular flexibility index (Phi) is 5.52. The zero-order valence-electron chi connectivity index (χ0n) is 16.0. The first kappa shape index (κ1) is 18.7. The van der Waals surface area contributed by atoms with Gasteiger partial charge in [0.25, 0.3) is 0 Å². The van der Waals surface area contributed by atoms with Crippen molar-refractivity contribution in [2.24, 2.45) is 9.98 Å². The summed E-state index contributed by atoms with van der Waals surface area (Å²) in [6.45, 7) is 1.23. The van der Waals surface area contributed by atoms with Crippen molar-refractivity contribution in [2.45, 2.75) is 6.42 Å². The molecule has 0 bridgehead atoms. The molecule has 0 saturated carbocycles. The lowest BCUT2D eigenvalue weighted by molar-refractivity contribution is 0.475. The second kappa shape index (κ2) is 8.57. The van der Waals surface area contributed by atoms with Crippen molar-refractivity contribution in [2.75, 3.05) is 13.1 Å². The first-order valence-electron chi connectivity index (χ1n) is 9.65. The zero-order chi connectivity index (χ0) is 20.1. The lowest BCUT2D eigenvalue weighted by Gasteiger charge is -2.05. The molecule has 0 aromatic heterocycles. The van der Waals surface area contributed by atoms with E-state index >= 15 is 0 Å². The van der Waals surface area contributed by atoms with Gasteiger partial charge in [0.05, 0.1) is 0 Å². The normalized spacial score (nSPS) is 11.9. The van der Waals surface area contributed by atoms with Crippen LogP contribution in [0.15, 0.2) is 82.8 Å². The van der Waals surface area contributed by atoms with Crippen molar-refractivity contribution in [1.82, 2.24) is 0 Å². The Morgan fingerprint density at radius 3 is 1.52 bits per heavy atom. The highest BCUT2D eigenvalue weighted by Gasteiger charge is 2.05. The Labute approximate surface area is 169 Å². The maximum atomic E-state index is 10.1. The lowest BCUT2D eigenvalue weighted by Crippen LogP contribution is -1.92. The molecular weight excluding hydrogens is 360 g/mol. The highest BCUT2D eigenvalue weighted by Crippen LogP contribution is 2.26. The Morgan fingerprint density at radius 1 is 0.586 bits per heavy atom. The number of benzene rings is 4. The molecule has 29 heavy (non-hydrogen) atoms. The predicted molar refractivity (Wildman–Crippen MR) is 121 cm³/mol. The number of phenolic OH excluding ortho intramolecular Hbond substituents is 2. The molecular formula is C25H22N2O2. The number of rotatable bonds is 6. The molecule has 0 aliphatic carbocycles. The van der Waals surface area contributed by atoms with E-state index in [0.29, 0.717) is 13.1 Å². The second-order valence-electron chi connectivity index (χ2n) is 6.86. The molecule has 4 rings (SSSR count). The molecule has 0 aliphatic heterocycles. The van der Waals surface area contributed by atoms with E-state index in [9.17, 15) is 10.2 Å². The average Bonchev–Trinajstić information content (AvgIpc) is 2.75. The van der Waals surface area contributed by atoms with Gasteiger partial charge in [-0.15, -0.1) is 0 Å². The summed E-state index contributed by atoms with van der Waals surface area (Å²) in [5.41, 5.74) is 1.49. The third-order valence-corrected chi connectivity index (χ3v) is 4.91. The van der Waals surface area contributed by atoms with Gasteiger partial charge in [-0.25, -0.2) is 0 Å². The molecule has 4 heteroatoms. The molecule has 0 radical (unpaired) electrons. The minimum Gasteiger partial charge on any atom is -0.507 e. The van der Waals surface area contributed by atoms with Crippen molar-refractivity contribution in [3.8, 4) is 11.5 Å². The molecule has 4 nitrogen and oxygen atoms in total. The summed E-state index contributed by atoms with van der Waals surface area (Å²) in [6.07, 6.45) is 4.25. The summed E-state index contributed by atoms with van der Waals surface area (Å²) in [5.74, 6) is 0.466.